The molecule has 0 saturated heterocycles. The second-order valence-electron chi connectivity index (χ2n) is 4.09. The van der Waals surface area contributed by atoms with Crippen LogP contribution in [0.4, 0.5) is 0 Å². The number of carbonyl (C=O) groups excluding carboxylic acids is 1. The number of hydrogen-bond donors (Lipinski definition) is 0. The molecular weight excluding hydrogens is 296 g/mol. The van der Waals surface area contributed by atoms with Gasteiger partial charge in [-0.25, -0.2) is 0 Å². The number of aromatic nitrogens is 2. The Kier molecular flexibility index (Phi) is 5.23. The fourth-order valence-corrected chi connectivity index (χ4v) is 2.72. The Bertz CT molecular complexity index is 613. The van der Waals surface area contributed by atoms with E-state index in [0.717, 1.165) is 4.90 Å². The minimum Gasteiger partial charge on any atom is -0.383 e. The molecule has 6 heteroatoms. The standard InChI is InChI=1S/C14H15ClN2O2S/c1-19-8-7-17-13(11(15)9-16-17)14(18)10-5-3-4-6-12(10)20-2/h3-6,9H,7-8H2,1-2H3. The lowest BCUT2D eigenvalue weighted by atomic mass is 10.1. The second-order valence-corrected chi connectivity index (χ2v) is 5.34. The third kappa shape index (κ3) is 3.06. The third-order valence-corrected chi connectivity index (χ3v) is 3.94. The van der Waals surface area contributed by atoms with Crippen LogP contribution < -0.4 is 0 Å². The molecule has 1 aromatic heterocycles. The molecule has 4 nitrogen and oxygen atoms in total. The van der Waals surface area contributed by atoms with Gasteiger partial charge in [-0.3, -0.25) is 9.48 Å². The van der Waals surface area contributed by atoms with Crippen LogP contribution in [0.2, 0.25) is 5.02 Å². The molecule has 0 unspecified atom stereocenters. The highest BCUT2D eigenvalue weighted by Crippen LogP contribution is 2.25. The number of carbonyl (C=O) groups is 1. The molecule has 0 spiro atoms. The summed E-state index contributed by atoms with van der Waals surface area (Å²) in [4.78, 5) is 13.6. The van der Waals surface area contributed by atoms with Crippen molar-refractivity contribution in [3.05, 3.63) is 46.7 Å². The summed E-state index contributed by atoms with van der Waals surface area (Å²) in [7, 11) is 1.61. The molecule has 0 amide bonds. The van der Waals surface area contributed by atoms with Crippen LogP contribution in [-0.2, 0) is 11.3 Å². The molecule has 0 fully saturated rings. The zero-order valence-corrected chi connectivity index (χ0v) is 12.9. The molecule has 2 rings (SSSR count). The SMILES string of the molecule is COCCn1ncc(Cl)c1C(=O)c1ccccc1SC. The van der Waals surface area contributed by atoms with Gasteiger partial charge in [0.2, 0.25) is 5.78 Å². The summed E-state index contributed by atoms with van der Waals surface area (Å²) >= 11 is 7.64. The zero-order valence-electron chi connectivity index (χ0n) is 11.3. The number of ketones is 1. The van der Waals surface area contributed by atoms with Crippen molar-refractivity contribution >= 4 is 29.1 Å². The summed E-state index contributed by atoms with van der Waals surface area (Å²) in [5.41, 5.74) is 1.05. The van der Waals surface area contributed by atoms with Crippen molar-refractivity contribution in [3.63, 3.8) is 0 Å². The molecule has 0 atom stereocenters. The van der Waals surface area contributed by atoms with Crippen LogP contribution in [0.25, 0.3) is 0 Å². The molecule has 0 bridgehead atoms. The van der Waals surface area contributed by atoms with Crippen LogP contribution in [-0.4, -0.2) is 35.5 Å². The van der Waals surface area contributed by atoms with Gasteiger partial charge >= 0.3 is 0 Å². The van der Waals surface area contributed by atoms with E-state index in [1.807, 2.05) is 24.5 Å². The largest absolute Gasteiger partial charge is 0.383 e. The summed E-state index contributed by atoms with van der Waals surface area (Å²) in [6.45, 7) is 0.966. The highest BCUT2D eigenvalue weighted by atomic mass is 35.5. The van der Waals surface area contributed by atoms with E-state index in [1.165, 1.54) is 18.0 Å². The van der Waals surface area contributed by atoms with Crippen molar-refractivity contribution in [1.82, 2.24) is 9.78 Å². The fraction of sp³-hybridized carbons (Fsp3) is 0.286. The Hall–Kier alpha value is -1.30. The van der Waals surface area contributed by atoms with E-state index < -0.39 is 0 Å². The number of ether oxygens (including phenoxy) is 1. The van der Waals surface area contributed by atoms with E-state index in [1.54, 1.807) is 17.9 Å². The van der Waals surface area contributed by atoms with E-state index >= 15 is 0 Å². The van der Waals surface area contributed by atoms with Crippen LogP contribution in [0.3, 0.4) is 0 Å². The van der Waals surface area contributed by atoms with Crippen LogP contribution >= 0.6 is 23.4 Å². The lowest BCUT2D eigenvalue weighted by molar-refractivity contribution is 0.102. The van der Waals surface area contributed by atoms with Crippen molar-refractivity contribution in [2.45, 2.75) is 11.4 Å². The molecular formula is C14H15ClN2O2S. The van der Waals surface area contributed by atoms with Gasteiger partial charge in [-0.1, -0.05) is 23.7 Å². The minimum absolute atomic E-state index is 0.117. The number of hydrogen-bond acceptors (Lipinski definition) is 4. The van der Waals surface area contributed by atoms with Gasteiger partial charge in [0.1, 0.15) is 5.69 Å². The summed E-state index contributed by atoms with van der Waals surface area (Å²) in [6, 6.07) is 7.48. The molecule has 1 aromatic carbocycles. The maximum Gasteiger partial charge on any atom is 0.213 e. The van der Waals surface area contributed by atoms with Crippen molar-refractivity contribution in [3.8, 4) is 0 Å². The van der Waals surface area contributed by atoms with Crippen LogP contribution in [0.5, 0.6) is 0 Å². The molecule has 106 valence electrons. The Balaban J connectivity index is 2.40. The van der Waals surface area contributed by atoms with Crippen molar-refractivity contribution in [2.24, 2.45) is 0 Å². The Morgan fingerprint density at radius 3 is 2.90 bits per heavy atom. The average molecular weight is 311 g/mol. The predicted molar refractivity (Wildman–Crippen MR) is 80.8 cm³/mol. The van der Waals surface area contributed by atoms with E-state index in [4.69, 9.17) is 16.3 Å². The molecule has 0 aliphatic heterocycles. The number of methoxy groups -OCH3 is 1. The quantitative estimate of drug-likeness (QED) is 0.607. The van der Waals surface area contributed by atoms with Crippen molar-refractivity contribution < 1.29 is 9.53 Å². The van der Waals surface area contributed by atoms with E-state index in [2.05, 4.69) is 5.10 Å². The highest BCUT2D eigenvalue weighted by molar-refractivity contribution is 7.98. The van der Waals surface area contributed by atoms with Gasteiger partial charge in [-0.05, 0) is 18.4 Å². The first-order valence-corrected chi connectivity index (χ1v) is 7.67. The summed E-state index contributed by atoms with van der Waals surface area (Å²) in [5, 5.41) is 4.50. The maximum atomic E-state index is 12.7. The Labute approximate surface area is 127 Å². The zero-order chi connectivity index (χ0) is 14.5. The van der Waals surface area contributed by atoms with Gasteiger partial charge in [0.05, 0.1) is 24.4 Å². The van der Waals surface area contributed by atoms with Gasteiger partial charge in [0, 0.05) is 17.6 Å². The maximum absolute atomic E-state index is 12.7. The van der Waals surface area contributed by atoms with Gasteiger partial charge in [-0.15, -0.1) is 11.8 Å². The van der Waals surface area contributed by atoms with Gasteiger partial charge in [0.25, 0.3) is 0 Å². The van der Waals surface area contributed by atoms with Gasteiger partial charge < -0.3 is 4.74 Å². The summed E-state index contributed by atoms with van der Waals surface area (Å²) in [5.74, 6) is -0.117. The topological polar surface area (TPSA) is 44.1 Å². The Morgan fingerprint density at radius 2 is 2.20 bits per heavy atom. The van der Waals surface area contributed by atoms with Crippen LogP contribution in [0.1, 0.15) is 16.1 Å². The normalized spacial score (nSPS) is 10.8. The molecule has 0 saturated carbocycles. The first-order chi connectivity index (χ1) is 9.69. The number of thioether (sulfide) groups is 1. The lowest BCUT2D eigenvalue weighted by Gasteiger charge is -2.09. The predicted octanol–water partition coefficient (Wildman–Crippen LogP) is 3.14. The fourth-order valence-electron chi connectivity index (χ4n) is 1.90. The molecule has 0 N–H and O–H groups in total. The van der Waals surface area contributed by atoms with Crippen molar-refractivity contribution in [2.75, 3.05) is 20.0 Å². The van der Waals surface area contributed by atoms with Crippen LogP contribution in [0, 0.1) is 0 Å². The highest BCUT2D eigenvalue weighted by Gasteiger charge is 2.21. The summed E-state index contributed by atoms with van der Waals surface area (Å²) < 4.78 is 6.61. The molecule has 1 heterocycles. The van der Waals surface area contributed by atoms with Gasteiger partial charge in [-0.2, -0.15) is 5.10 Å². The second kappa shape index (κ2) is 6.92. The monoisotopic (exact) mass is 310 g/mol. The number of benzene rings is 1. The van der Waals surface area contributed by atoms with E-state index in [9.17, 15) is 4.79 Å². The molecule has 0 radical (unpaired) electrons. The molecule has 0 aliphatic carbocycles. The first-order valence-electron chi connectivity index (χ1n) is 6.07. The minimum atomic E-state index is -0.117. The molecule has 20 heavy (non-hydrogen) atoms. The van der Waals surface area contributed by atoms with Gasteiger partial charge in [0.15, 0.2) is 0 Å². The molecule has 0 aliphatic rings. The van der Waals surface area contributed by atoms with Crippen LogP contribution in [0.15, 0.2) is 35.4 Å². The average Bonchev–Trinajstić information content (AvgIpc) is 2.85. The van der Waals surface area contributed by atoms with E-state index in [-0.39, 0.29) is 5.78 Å². The smallest absolute Gasteiger partial charge is 0.213 e. The third-order valence-electron chi connectivity index (χ3n) is 2.87. The van der Waals surface area contributed by atoms with Crippen molar-refractivity contribution in [1.29, 1.82) is 0 Å². The number of nitrogens with zero attached hydrogens (tertiary/aromatic N) is 2. The number of halogens is 1. The lowest BCUT2D eigenvalue weighted by Crippen LogP contribution is -2.15. The Morgan fingerprint density at radius 1 is 1.45 bits per heavy atom. The molecule has 2 aromatic rings. The number of rotatable bonds is 6. The van der Waals surface area contributed by atoms with E-state index in [0.29, 0.717) is 29.4 Å². The summed E-state index contributed by atoms with van der Waals surface area (Å²) in [6.07, 6.45) is 3.43. The first kappa shape index (κ1) is 15.1.